The summed E-state index contributed by atoms with van der Waals surface area (Å²) >= 11 is 0. The number of hydrogen-bond donors (Lipinski definition) is 1. The third-order valence-electron chi connectivity index (χ3n) is 5.56. The number of hydrogen-bond acceptors (Lipinski definition) is 1. The fourth-order valence-electron chi connectivity index (χ4n) is 3.33. The van der Waals surface area contributed by atoms with E-state index in [0.717, 1.165) is 40.0 Å². The van der Waals surface area contributed by atoms with Crippen LogP contribution in [-0.4, -0.2) is 0 Å². The zero-order valence-corrected chi connectivity index (χ0v) is 21.3. The summed E-state index contributed by atoms with van der Waals surface area (Å²) in [5.41, 5.74) is 17.6. The smallest absolute Gasteiger partial charge is 0.0129 e. The topological polar surface area (TPSA) is 26.0 Å². The normalized spacial score (nSPS) is 15.6. The molecule has 0 atom stereocenters. The van der Waals surface area contributed by atoms with Crippen LogP contribution in [0.5, 0.6) is 0 Å². The van der Waals surface area contributed by atoms with Crippen molar-refractivity contribution in [3.63, 3.8) is 0 Å². The molecule has 0 aliphatic heterocycles. The lowest BCUT2D eigenvalue weighted by molar-refractivity contribution is 1.09. The van der Waals surface area contributed by atoms with E-state index in [-0.39, 0.29) is 0 Å². The Morgan fingerprint density at radius 2 is 1.50 bits per heavy atom. The minimum Gasteiger partial charge on any atom is -0.402 e. The molecule has 0 radical (unpaired) electrons. The molecule has 0 spiro atoms. The van der Waals surface area contributed by atoms with Crippen LogP contribution in [0.4, 0.5) is 0 Å². The molecule has 0 aliphatic carbocycles. The Morgan fingerprint density at radius 3 is 2.00 bits per heavy atom. The quantitative estimate of drug-likeness (QED) is 0.391. The lowest BCUT2D eigenvalue weighted by Gasteiger charge is -2.20. The molecule has 0 saturated heterocycles. The van der Waals surface area contributed by atoms with Crippen molar-refractivity contribution in [3.05, 3.63) is 124 Å². The average Bonchev–Trinajstić information content (AvgIpc) is 2.79. The Kier molecular flexibility index (Phi) is 11.3. The SMILES string of the molecule is C=C(/C=C/C(C)=C/C(C)=C\C)C(/C(C)=C\C)=C(C(/C=C(\C)CC)=C(/C)N)\c1ccccc1. The first-order valence-corrected chi connectivity index (χ1v) is 11.4. The second-order valence-corrected chi connectivity index (χ2v) is 8.31. The van der Waals surface area contributed by atoms with E-state index < -0.39 is 0 Å². The van der Waals surface area contributed by atoms with Crippen LogP contribution in [0.1, 0.15) is 67.4 Å². The molecular formula is C31H41N. The lowest BCUT2D eigenvalue weighted by Crippen LogP contribution is -2.05. The fourth-order valence-corrected chi connectivity index (χ4v) is 3.33. The third-order valence-corrected chi connectivity index (χ3v) is 5.56. The van der Waals surface area contributed by atoms with Gasteiger partial charge in [-0.25, -0.2) is 0 Å². The summed E-state index contributed by atoms with van der Waals surface area (Å²) in [6.45, 7) is 21.3. The molecule has 0 amide bonds. The van der Waals surface area contributed by atoms with Crippen LogP contribution >= 0.6 is 0 Å². The van der Waals surface area contributed by atoms with Crippen LogP contribution in [0.3, 0.4) is 0 Å². The maximum absolute atomic E-state index is 6.47. The minimum absolute atomic E-state index is 0.801. The molecule has 170 valence electrons. The van der Waals surface area contributed by atoms with Gasteiger partial charge in [-0.15, -0.1) is 0 Å². The summed E-state index contributed by atoms with van der Waals surface area (Å²) in [5, 5.41) is 0. The Balaban J connectivity index is 3.91. The number of benzene rings is 1. The maximum atomic E-state index is 6.47. The van der Waals surface area contributed by atoms with E-state index in [1.54, 1.807) is 0 Å². The first-order chi connectivity index (χ1) is 15.2. The van der Waals surface area contributed by atoms with Gasteiger partial charge < -0.3 is 5.73 Å². The highest BCUT2D eigenvalue weighted by molar-refractivity contribution is 5.90. The molecule has 1 rings (SSSR count). The maximum Gasteiger partial charge on any atom is 0.0129 e. The van der Waals surface area contributed by atoms with Gasteiger partial charge in [0.2, 0.25) is 0 Å². The molecule has 0 heterocycles. The molecule has 0 unspecified atom stereocenters. The van der Waals surface area contributed by atoms with Gasteiger partial charge in [-0.05, 0) is 82.7 Å². The van der Waals surface area contributed by atoms with E-state index in [2.05, 4.69) is 116 Å². The highest BCUT2D eigenvalue weighted by atomic mass is 14.6. The van der Waals surface area contributed by atoms with Crippen molar-refractivity contribution in [1.29, 1.82) is 0 Å². The summed E-state index contributed by atoms with van der Waals surface area (Å²) < 4.78 is 0. The zero-order chi connectivity index (χ0) is 24.3. The van der Waals surface area contributed by atoms with Gasteiger partial charge in [-0.3, -0.25) is 0 Å². The van der Waals surface area contributed by atoms with E-state index in [1.807, 2.05) is 13.0 Å². The molecule has 1 heteroatoms. The minimum atomic E-state index is 0.801. The van der Waals surface area contributed by atoms with Crippen LogP contribution in [-0.2, 0) is 0 Å². The standard InChI is InChI=1S/C31H41N/c1-10-22(4)20-24(6)18-19-26(8)30(25(7)12-3)31(28-16-14-13-15-17-28)29(27(9)32)21-23(5)11-2/h10,12-21H,8,11,32H2,1-7,9H3/b19-18+,22-10-,23-21+,24-20+,25-12-,29-27-,31-30+. The molecule has 1 nitrogen and oxygen atoms in total. The van der Waals surface area contributed by atoms with Crippen molar-refractivity contribution in [3.8, 4) is 0 Å². The van der Waals surface area contributed by atoms with Crippen LogP contribution in [0.2, 0.25) is 0 Å². The predicted molar refractivity (Wildman–Crippen MR) is 145 cm³/mol. The second kappa shape index (κ2) is 13.4. The summed E-state index contributed by atoms with van der Waals surface area (Å²) in [6, 6.07) is 10.5. The van der Waals surface area contributed by atoms with Crippen LogP contribution in [0.25, 0.3) is 5.57 Å². The monoisotopic (exact) mass is 427 g/mol. The molecule has 0 bridgehead atoms. The number of allylic oxidation sites excluding steroid dienone is 15. The molecule has 1 aromatic rings. The lowest BCUT2D eigenvalue weighted by atomic mass is 9.84. The van der Waals surface area contributed by atoms with Crippen LogP contribution in [0.15, 0.2) is 118 Å². The molecule has 1 aromatic carbocycles. The van der Waals surface area contributed by atoms with Crippen molar-refractivity contribution in [2.45, 2.75) is 61.8 Å². The molecule has 32 heavy (non-hydrogen) atoms. The Hall–Kier alpha value is -3.06. The van der Waals surface area contributed by atoms with Gasteiger partial charge >= 0.3 is 0 Å². The van der Waals surface area contributed by atoms with Gasteiger partial charge in [0.25, 0.3) is 0 Å². The van der Waals surface area contributed by atoms with E-state index in [1.165, 1.54) is 22.3 Å². The van der Waals surface area contributed by atoms with Crippen molar-refractivity contribution in [1.82, 2.24) is 0 Å². The van der Waals surface area contributed by atoms with Crippen LogP contribution < -0.4 is 5.73 Å². The second-order valence-electron chi connectivity index (χ2n) is 8.31. The summed E-state index contributed by atoms with van der Waals surface area (Å²) in [7, 11) is 0. The Bertz CT molecular complexity index is 1010. The van der Waals surface area contributed by atoms with Crippen molar-refractivity contribution >= 4 is 5.57 Å². The first-order valence-electron chi connectivity index (χ1n) is 11.4. The highest BCUT2D eigenvalue weighted by Gasteiger charge is 2.17. The van der Waals surface area contributed by atoms with E-state index in [4.69, 9.17) is 5.73 Å². The van der Waals surface area contributed by atoms with E-state index in [9.17, 15) is 0 Å². The molecule has 0 saturated carbocycles. The average molecular weight is 428 g/mol. The molecule has 0 aliphatic rings. The Morgan fingerprint density at radius 1 is 0.875 bits per heavy atom. The number of rotatable bonds is 9. The summed E-state index contributed by atoms with van der Waals surface area (Å²) in [4.78, 5) is 0. The summed E-state index contributed by atoms with van der Waals surface area (Å²) in [5.74, 6) is 0. The van der Waals surface area contributed by atoms with Crippen molar-refractivity contribution in [2.24, 2.45) is 5.73 Å². The van der Waals surface area contributed by atoms with Gasteiger partial charge in [-0.2, -0.15) is 0 Å². The van der Waals surface area contributed by atoms with Gasteiger partial charge in [0, 0.05) is 11.3 Å². The number of nitrogens with two attached hydrogens (primary N) is 1. The summed E-state index contributed by atoms with van der Waals surface area (Å²) in [6.07, 6.45) is 13.9. The van der Waals surface area contributed by atoms with Gasteiger partial charge in [0.1, 0.15) is 0 Å². The van der Waals surface area contributed by atoms with Crippen molar-refractivity contribution in [2.75, 3.05) is 0 Å². The van der Waals surface area contributed by atoms with E-state index in [0.29, 0.717) is 0 Å². The molecule has 0 aromatic heterocycles. The molecule has 2 N–H and O–H groups in total. The molecular weight excluding hydrogens is 386 g/mol. The van der Waals surface area contributed by atoms with E-state index >= 15 is 0 Å². The zero-order valence-electron chi connectivity index (χ0n) is 21.3. The van der Waals surface area contributed by atoms with Gasteiger partial charge in [0.05, 0.1) is 0 Å². The Labute approximate surface area is 196 Å². The highest BCUT2D eigenvalue weighted by Crippen LogP contribution is 2.36. The van der Waals surface area contributed by atoms with Crippen LogP contribution in [0, 0.1) is 0 Å². The largest absolute Gasteiger partial charge is 0.402 e. The van der Waals surface area contributed by atoms with Gasteiger partial charge in [-0.1, -0.05) is 97.0 Å². The fraction of sp³-hybridized carbons (Fsp3) is 0.290. The predicted octanol–water partition coefficient (Wildman–Crippen LogP) is 9.02. The van der Waals surface area contributed by atoms with Gasteiger partial charge in [0.15, 0.2) is 0 Å². The molecule has 0 fully saturated rings. The van der Waals surface area contributed by atoms with Crippen molar-refractivity contribution < 1.29 is 0 Å². The third kappa shape index (κ3) is 7.89. The first kappa shape index (κ1) is 27.0.